The summed E-state index contributed by atoms with van der Waals surface area (Å²) < 4.78 is 6.98. The minimum Gasteiger partial charge on any atom is -0.356 e. The molecule has 0 spiro atoms. The van der Waals surface area contributed by atoms with Crippen molar-refractivity contribution in [3.8, 4) is 23.2 Å². The summed E-state index contributed by atoms with van der Waals surface area (Å²) in [7, 11) is 0. The molecule has 1 N–H and O–H groups in total. The third-order valence-corrected chi connectivity index (χ3v) is 4.30. The van der Waals surface area contributed by atoms with Crippen LogP contribution in [0.4, 0.5) is 0 Å². The van der Waals surface area contributed by atoms with E-state index < -0.39 is 0 Å². The van der Waals surface area contributed by atoms with Crippen molar-refractivity contribution >= 4 is 0 Å². The van der Waals surface area contributed by atoms with Gasteiger partial charge in [-0.3, -0.25) is 9.67 Å². The van der Waals surface area contributed by atoms with Crippen molar-refractivity contribution in [2.45, 2.75) is 19.5 Å². The highest BCUT2D eigenvalue weighted by atomic mass is 16.5. The molecule has 3 heterocycles. The second-order valence-corrected chi connectivity index (χ2v) is 6.44. The smallest absolute Gasteiger partial charge is 0.166 e. The summed E-state index contributed by atoms with van der Waals surface area (Å²) in [5, 5.41) is 14.8. The van der Waals surface area contributed by atoms with E-state index >= 15 is 0 Å². The molecule has 0 aliphatic heterocycles. The first-order chi connectivity index (χ1) is 14.4. The SMILES string of the molecule is C(#Cc1ccc(CNCCCn2ccnn2)nc1)c1ccc(-c2ccno2)cc1. The van der Waals surface area contributed by atoms with Gasteiger partial charge in [0.1, 0.15) is 0 Å². The lowest BCUT2D eigenvalue weighted by Gasteiger charge is -2.04. The molecule has 0 unspecified atom stereocenters. The molecule has 0 amide bonds. The summed E-state index contributed by atoms with van der Waals surface area (Å²) >= 11 is 0. The molecule has 0 radical (unpaired) electrons. The highest BCUT2D eigenvalue weighted by molar-refractivity contribution is 5.58. The molecule has 29 heavy (non-hydrogen) atoms. The molecule has 4 rings (SSSR count). The van der Waals surface area contributed by atoms with E-state index in [0.717, 1.165) is 54.2 Å². The Bertz CT molecular complexity index is 1060. The van der Waals surface area contributed by atoms with Crippen molar-refractivity contribution in [2.75, 3.05) is 6.54 Å². The number of benzene rings is 1. The average Bonchev–Trinajstić information content (AvgIpc) is 3.48. The fourth-order valence-corrected chi connectivity index (χ4v) is 2.76. The zero-order valence-corrected chi connectivity index (χ0v) is 15.8. The lowest BCUT2D eigenvalue weighted by molar-refractivity contribution is 0.432. The Morgan fingerprint density at radius 3 is 2.55 bits per heavy atom. The number of aromatic nitrogens is 5. The fraction of sp³-hybridized carbons (Fsp3) is 0.182. The molecule has 4 aromatic rings. The molecule has 0 saturated carbocycles. The van der Waals surface area contributed by atoms with Gasteiger partial charge in [-0.1, -0.05) is 22.2 Å². The number of rotatable bonds is 7. The van der Waals surface area contributed by atoms with Gasteiger partial charge in [0.25, 0.3) is 0 Å². The van der Waals surface area contributed by atoms with Crippen molar-refractivity contribution in [3.05, 3.63) is 84.1 Å². The van der Waals surface area contributed by atoms with Crippen LogP contribution in [0.1, 0.15) is 23.2 Å². The van der Waals surface area contributed by atoms with Crippen molar-refractivity contribution in [1.29, 1.82) is 0 Å². The summed E-state index contributed by atoms with van der Waals surface area (Å²) in [4.78, 5) is 4.47. The third-order valence-electron chi connectivity index (χ3n) is 4.30. The molecule has 144 valence electrons. The molecule has 0 bridgehead atoms. The quantitative estimate of drug-likeness (QED) is 0.390. The van der Waals surface area contributed by atoms with E-state index in [2.05, 4.69) is 37.6 Å². The molecule has 7 nitrogen and oxygen atoms in total. The Kier molecular flexibility index (Phi) is 6.05. The zero-order chi connectivity index (χ0) is 19.7. The van der Waals surface area contributed by atoms with Gasteiger partial charge >= 0.3 is 0 Å². The largest absolute Gasteiger partial charge is 0.356 e. The lowest BCUT2D eigenvalue weighted by atomic mass is 10.1. The van der Waals surface area contributed by atoms with Crippen molar-refractivity contribution < 1.29 is 4.52 Å². The molecule has 0 atom stereocenters. The van der Waals surface area contributed by atoms with Gasteiger partial charge in [-0.05, 0) is 49.4 Å². The van der Waals surface area contributed by atoms with Crippen molar-refractivity contribution in [3.63, 3.8) is 0 Å². The van der Waals surface area contributed by atoms with Crippen LogP contribution in [0.2, 0.25) is 0 Å². The predicted octanol–water partition coefficient (Wildman–Crippen LogP) is 2.91. The van der Waals surface area contributed by atoms with Crippen LogP contribution in [0.15, 0.2) is 71.8 Å². The van der Waals surface area contributed by atoms with Crippen LogP contribution in [0, 0.1) is 11.8 Å². The number of nitrogens with one attached hydrogen (secondary N) is 1. The fourth-order valence-electron chi connectivity index (χ4n) is 2.76. The molecule has 3 aromatic heterocycles. The van der Waals surface area contributed by atoms with E-state index in [9.17, 15) is 0 Å². The highest BCUT2D eigenvalue weighted by Crippen LogP contribution is 2.18. The maximum atomic E-state index is 5.15. The topological polar surface area (TPSA) is 81.7 Å². The number of hydrogen-bond acceptors (Lipinski definition) is 6. The minimum atomic E-state index is 0.730. The van der Waals surface area contributed by atoms with Crippen molar-refractivity contribution in [1.82, 2.24) is 30.5 Å². The first kappa shape index (κ1) is 18.6. The van der Waals surface area contributed by atoms with Gasteiger partial charge in [0, 0.05) is 48.2 Å². The first-order valence-electron chi connectivity index (χ1n) is 9.40. The van der Waals surface area contributed by atoms with Gasteiger partial charge in [-0.25, -0.2) is 0 Å². The number of aryl methyl sites for hydroxylation is 1. The maximum Gasteiger partial charge on any atom is 0.166 e. The van der Waals surface area contributed by atoms with Gasteiger partial charge in [0.15, 0.2) is 5.76 Å². The summed E-state index contributed by atoms with van der Waals surface area (Å²) in [6, 6.07) is 13.7. The predicted molar refractivity (Wildman–Crippen MR) is 109 cm³/mol. The average molecular weight is 384 g/mol. The van der Waals surface area contributed by atoms with Crippen molar-refractivity contribution in [2.24, 2.45) is 0 Å². The van der Waals surface area contributed by atoms with E-state index in [-0.39, 0.29) is 0 Å². The number of hydrogen-bond donors (Lipinski definition) is 1. The molecule has 0 fully saturated rings. The number of pyridine rings is 1. The molecule has 1 aromatic carbocycles. The standard InChI is InChI=1S/C22H20N6O/c1(14-28-15-13-25-27-28)11-23-17-21-9-6-19(16-24-21)3-2-18-4-7-20(8-5-18)22-10-12-26-29-22/h4-10,12-13,15-16,23H,1,11,14,17H2. The highest BCUT2D eigenvalue weighted by Gasteiger charge is 2.00. The lowest BCUT2D eigenvalue weighted by Crippen LogP contribution is -2.17. The summed E-state index contributed by atoms with van der Waals surface area (Å²) in [5.74, 6) is 7.06. The second kappa shape index (κ2) is 9.44. The van der Waals surface area contributed by atoms with Crippen LogP contribution in [-0.4, -0.2) is 31.7 Å². The minimum absolute atomic E-state index is 0.730. The van der Waals surface area contributed by atoms with E-state index in [1.807, 2.05) is 59.5 Å². The van der Waals surface area contributed by atoms with Gasteiger partial charge in [0.05, 0.1) is 18.1 Å². The molecule has 0 aliphatic rings. The van der Waals surface area contributed by atoms with Gasteiger partial charge < -0.3 is 9.84 Å². The Labute approximate surface area is 168 Å². The van der Waals surface area contributed by atoms with Crippen LogP contribution in [-0.2, 0) is 13.1 Å². The van der Waals surface area contributed by atoms with Crippen LogP contribution in [0.3, 0.4) is 0 Å². The Morgan fingerprint density at radius 2 is 1.83 bits per heavy atom. The van der Waals surface area contributed by atoms with Gasteiger partial charge in [-0.2, -0.15) is 0 Å². The summed E-state index contributed by atoms with van der Waals surface area (Å²) in [6.07, 6.45) is 7.99. The summed E-state index contributed by atoms with van der Waals surface area (Å²) in [6.45, 7) is 2.48. The number of nitrogens with zero attached hydrogens (tertiary/aromatic N) is 5. The Balaban J connectivity index is 1.25. The van der Waals surface area contributed by atoms with E-state index in [4.69, 9.17) is 4.52 Å². The first-order valence-corrected chi connectivity index (χ1v) is 9.40. The normalized spacial score (nSPS) is 10.5. The Morgan fingerprint density at radius 1 is 0.966 bits per heavy atom. The summed E-state index contributed by atoms with van der Waals surface area (Å²) in [5.41, 5.74) is 3.80. The zero-order valence-electron chi connectivity index (χ0n) is 15.8. The maximum absolute atomic E-state index is 5.15. The monoisotopic (exact) mass is 384 g/mol. The van der Waals surface area contributed by atoms with E-state index in [1.54, 1.807) is 12.4 Å². The molecular weight excluding hydrogens is 364 g/mol. The van der Waals surface area contributed by atoms with Crippen LogP contribution < -0.4 is 5.32 Å². The molecular formula is C22H20N6O. The Hall–Kier alpha value is -3.76. The molecule has 0 aliphatic carbocycles. The molecule has 0 saturated heterocycles. The van der Waals surface area contributed by atoms with E-state index in [1.165, 1.54) is 0 Å². The van der Waals surface area contributed by atoms with E-state index in [0.29, 0.717) is 0 Å². The van der Waals surface area contributed by atoms with Gasteiger partial charge in [0.2, 0.25) is 0 Å². The van der Waals surface area contributed by atoms with Crippen LogP contribution in [0.5, 0.6) is 0 Å². The molecule has 7 heteroatoms. The van der Waals surface area contributed by atoms with Gasteiger partial charge in [-0.15, -0.1) is 5.10 Å². The second-order valence-electron chi connectivity index (χ2n) is 6.44. The third kappa shape index (κ3) is 5.37. The van der Waals surface area contributed by atoms with Crippen LogP contribution in [0.25, 0.3) is 11.3 Å². The van der Waals surface area contributed by atoms with Crippen LogP contribution >= 0.6 is 0 Å².